The SMILES string of the molecule is O=C(NC[C@H]1CCCO1)c1cccc(NC(=O)c2cccs2)c1. The van der Waals surface area contributed by atoms with Gasteiger partial charge in [0.25, 0.3) is 11.8 Å². The van der Waals surface area contributed by atoms with Crippen LogP contribution in [0.2, 0.25) is 0 Å². The van der Waals surface area contributed by atoms with Gasteiger partial charge < -0.3 is 15.4 Å². The molecule has 0 saturated carbocycles. The van der Waals surface area contributed by atoms with Gasteiger partial charge in [-0.3, -0.25) is 9.59 Å². The molecule has 1 aliphatic heterocycles. The molecule has 0 aliphatic carbocycles. The Morgan fingerprint density at radius 3 is 2.87 bits per heavy atom. The zero-order valence-corrected chi connectivity index (χ0v) is 13.4. The third-order valence-electron chi connectivity index (χ3n) is 3.64. The number of hydrogen-bond acceptors (Lipinski definition) is 4. The van der Waals surface area contributed by atoms with Crippen molar-refractivity contribution in [2.45, 2.75) is 18.9 Å². The summed E-state index contributed by atoms with van der Waals surface area (Å²) in [5.41, 5.74) is 1.13. The van der Waals surface area contributed by atoms with Crippen LogP contribution in [0.25, 0.3) is 0 Å². The Bertz CT molecular complexity index is 679. The number of hydrogen-bond donors (Lipinski definition) is 2. The molecule has 2 aromatic rings. The van der Waals surface area contributed by atoms with E-state index in [4.69, 9.17) is 4.74 Å². The summed E-state index contributed by atoms with van der Waals surface area (Å²) in [6, 6.07) is 10.5. The van der Waals surface area contributed by atoms with Crippen molar-refractivity contribution in [3.8, 4) is 0 Å². The van der Waals surface area contributed by atoms with E-state index in [0.717, 1.165) is 19.4 Å². The van der Waals surface area contributed by atoms with Crippen LogP contribution in [0, 0.1) is 0 Å². The maximum absolute atomic E-state index is 12.2. The first kappa shape index (κ1) is 15.7. The lowest BCUT2D eigenvalue weighted by Gasteiger charge is -2.11. The molecule has 1 saturated heterocycles. The molecule has 2 amide bonds. The topological polar surface area (TPSA) is 67.4 Å². The summed E-state index contributed by atoms with van der Waals surface area (Å²) in [5, 5.41) is 7.53. The smallest absolute Gasteiger partial charge is 0.265 e. The van der Waals surface area contributed by atoms with E-state index in [9.17, 15) is 9.59 Å². The molecule has 23 heavy (non-hydrogen) atoms. The van der Waals surface area contributed by atoms with Gasteiger partial charge in [0.1, 0.15) is 0 Å². The number of amides is 2. The summed E-state index contributed by atoms with van der Waals surface area (Å²) in [5.74, 6) is -0.329. The molecule has 1 aromatic heterocycles. The lowest BCUT2D eigenvalue weighted by atomic mass is 10.1. The first-order valence-electron chi connectivity index (χ1n) is 7.57. The molecule has 0 bridgehead atoms. The number of ether oxygens (including phenoxy) is 1. The van der Waals surface area contributed by atoms with Gasteiger partial charge in [-0.1, -0.05) is 12.1 Å². The Morgan fingerprint density at radius 2 is 2.13 bits per heavy atom. The summed E-state index contributed by atoms with van der Waals surface area (Å²) < 4.78 is 5.49. The molecule has 0 radical (unpaired) electrons. The Labute approximate surface area is 138 Å². The predicted molar refractivity (Wildman–Crippen MR) is 90.0 cm³/mol. The summed E-state index contributed by atoms with van der Waals surface area (Å²) >= 11 is 1.38. The number of rotatable bonds is 5. The molecule has 0 unspecified atom stereocenters. The zero-order chi connectivity index (χ0) is 16.1. The Kier molecular flexibility index (Phi) is 5.05. The predicted octanol–water partition coefficient (Wildman–Crippen LogP) is 2.91. The number of nitrogens with one attached hydrogen (secondary N) is 2. The average Bonchev–Trinajstić information content (AvgIpc) is 3.26. The van der Waals surface area contributed by atoms with E-state index < -0.39 is 0 Å². The number of carbonyl (C=O) groups excluding carboxylic acids is 2. The molecular weight excluding hydrogens is 312 g/mol. The van der Waals surface area contributed by atoms with E-state index in [0.29, 0.717) is 22.7 Å². The second-order valence-corrected chi connectivity index (χ2v) is 6.30. The summed E-state index contributed by atoms with van der Waals surface area (Å²) in [6.45, 7) is 1.29. The number of thiophene rings is 1. The number of anilines is 1. The van der Waals surface area contributed by atoms with Crippen LogP contribution in [0.15, 0.2) is 41.8 Å². The molecule has 2 heterocycles. The van der Waals surface area contributed by atoms with Gasteiger partial charge >= 0.3 is 0 Å². The third kappa shape index (κ3) is 4.18. The van der Waals surface area contributed by atoms with Gasteiger partial charge in [0, 0.05) is 24.4 Å². The molecule has 1 fully saturated rings. The van der Waals surface area contributed by atoms with E-state index in [1.165, 1.54) is 11.3 Å². The van der Waals surface area contributed by atoms with Crippen molar-refractivity contribution in [2.24, 2.45) is 0 Å². The highest BCUT2D eigenvalue weighted by atomic mass is 32.1. The summed E-state index contributed by atoms with van der Waals surface area (Å²) in [4.78, 5) is 24.9. The van der Waals surface area contributed by atoms with Gasteiger partial charge in [0.05, 0.1) is 11.0 Å². The van der Waals surface area contributed by atoms with Crippen LogP contribution < -0.4 is 10.6 Å². The Balaban J connectivity index is 1.60. The molecule has 6 heteroatoms. The van der Waals surface area contributed by atoms with Gasteiger partial charge in [-0.25, -0.2) is 0 Å². The molecule has 5 nitrogen and oxygen atoms in total. The second kappa shape index (κ2) is 7.39. The Hall–Kier alpha value is -2.18. The molecule has 1 aromatic carbocycles. The minimum Gasteiger partial charge on any atom is -0.376 e. The van der Waals surface area contributed by atoms with Crippen LogP contribution in [0.5, 0.6) is 0 Å². The Morgan fingerprint density at radius 1 is 1.22 bits per heavy atom. The fourth-order valence-corrected chi connectivity index (χ4v) is 3.07. The van der Waals surface area contributed by atoms with E-state index in [-0.39, 0.29) is 17.9 Å². The van der Waals surface area contributed by atoms with Crippen molar-refractivity contribution in [3.63, 3.8) is 0 Å². The lowest BCUT2D eigenvalue weighted by Crippen LogP contribution is -2.31. The highest BCUT2D eigenvalue weighted by Gasteiger charge is 2.17. The maximum atomic E-state index is 12.2. The molecular formula is C17H18N2O3S. The minimum atomic E-state index is -0.170. The van der Waals surface area contributed by atoms with Crippen molar-refractivity contribution in [2.75, 3.05) is 18.5 Å². The lowest BCUT2D eigenvalue weighted by molar-refractivity contribution is 0.0857. The third-order valence-corrected chi connectivity index (χ3v) is 4.51. The van der Waals surface area contributed by atoms with Crippen molar-refractivity contribution in [3.05, 3.63) is 52.2 Å². The zero-order valence-electron chi connectivity index (χ0n) is 12.6. The van der Waals surface area contributed by atoms with E-state index >= 15 is 0 Å². The average molecular weight is 330 g/mol. The van der Waals surface area contributed by atoms with E-state index in [1.807, 2.05) is 11.4 Å². The molecule has 120 valence electrons. The van der Waals surface area contributed by atoms with Gasteiger partial charge in [-0.2, -0.15) is 0 Å². The van der Waals surface area contributed by atoms with E-state index in [2.05, 4.69) is 10.6 Å². The van der Waals surface area contributed by atoms with Gasteiger partial charge in [0.15, 0.2) is 0 Å². The number of carbonyl (C=O) groups is 2. The quantitative estimate of drug-likeness (QED) is 0.886. The normalized spacial score (nSPS) is 17.0. The maximum Gasteiger partial charge on any atom is 0.265 e. The van der Waals surface area contributed by atoms with Crippen LogP contribution >= 0.6 is 11.3 Å². The van der Waals surface area contributed by atoms with Gasteiger partial charge in [-0.05, 0) is 42.5 Å². The highest BCUT2D eigenvalue weighted by molar-refractivity contribution is 7.12. The second-order valence-electron chi connectivity index (χ2n) is 5.36. The van der Waals surface area contributed by atoms with Crippen LogP contribution in [0.4, 0.5) is 5.69 Å². The fraction of sp³-hybridized carbons (Fsp3) is 0.294. The summed E-state index contributed by atoms with van der Waals surface area (Å²) in [6.07, 6.45) is 2.14. The highest BCUT2D eigenvalue weighted by Crippen LogP contribution is 2.15. The van der Waals surface area contributed by atoms with Crippen molar-refractivity contribution < 1.29 is 14.3 Å². The van der Waals surface area contributed by atoms with E-state index in [1.54, 1.807) is 30.3 Å². The van der Waals surface area contributed by atoms with Crippen LogP contribution in [-0.2, 0) is 4.74 Å². The molecule has 2 N–H and O–H groups in total. The van der Waals surface area contributed by atoms with Crippen molar-refractivity contribution in [1.29, 1.82) is 0 Å². The molecule has 0 spiro atoms. The first-order chi connectivity index (χ1) is 11.2. The fourth-order valence-electron chi connectivity index (χ4n) is 2.45. The van der Waals surface area contributed by atoms with Gasteiger partial charge in [-0.15, -0.1) is 11.3 Å². The van der Waals surface area contributed by atoms with Gasteiger partial charge in [0.2, 0.25) is 0 Å². The largest absolute Gasteiger partial charge is 0.376 e. The monoisotopic (exact) mass is 330 g/mol. The molecule has 3 rings (SSSR count). The van der Waals surface area contributed by atoms with Crippen LogP contribution in [0.3, 0.4) is 0 Å². The van der Waals surface area contributed by atoms with Crippen LogP contribution in [0.1, 0.15) is 32.9 Å². The summed E-state index contributed by atoms with van der Waals surface area (Å²) in [7, 11) is 0. The first-order valence-corrected chi connectivity index (χ1v) is 8.45. The van der Waals surface area contributed by atoms with Crippen LogP contribution in [-0.4, -0.2) is 31.1 Å². The van der Waals surface area contributed by atoms with Crippen molar-refractivity contribution >= 4 is 28.8 Å². The standard InChI is InChI=1S/C17H18N2O3S/c20-16(18-11-14-6-2-8-22-14)12-4-1-5-13(10-12)19-17(21)15-7-3-9-23-15/h1,3-5,7,9-10,14H,2,6,8,11H2,(H,18,20)(H,19,21)/t14-/m1/s1. The minimum absolute atomic E-state index is 0.112. The molecule has 1 atom stereocenters. The number of benzene rings is 1. The van der Waals surface area contributed by atoms with Crippen molar-refractivity contribution in [1.82, 2.24) is 5.32 Å². The molecule has 1 aliphatic rings.